The molecular formula is C12H12O3. The molecule has 0 saturated heterocycles. The molecule has 0 heterocycles. The zero-order valence-electron chi connectivity index (χ0n) is 8.47. The third-order valence-corrected chi connectivity index (χ3v) is 1.71. The van der Waals surface area contributed by atoms with E-state index in [4.69, 9.17) is 4.74 Å². The van der Waals surface area contributed by atoms with Crippen molar-refractivity contribution in [1.82, 2.24) is 0 Å². The van der Waals surface area contributed by atoms with E-state index in [1.807, 2.05) is 24.3 Å². The van der Waals surface area contributed by atoms with Crippen molar-refractivity contribution in [2.75, 3.05) is 7.11 Å². The van der Waals surface area contributed by atoms with Gasteiger partial charge < -0.3 is 9.47 Å². The molecule has 1 rings (SSSR count). The Morgan fingerprint density at radius 3 is 2.93 bits per heavy atom. The molecule has 0 atom stereocenters. The standard InChI is InChI=1S/C12H12O3/c1-3-15-12(13)8-7-10-5-4-6-11(9-10)14-2/h3-9H,1H2,2H3/b8-7+. The zero-order chi connectivity index (χ0) is 11.1. The highest BCUT2D eigenvalue weighted by molar-refractivity contribution is 5.87. The molecule has 3 heteroatoms. The van der Waals surface area contributed by atoms with Gasteiger partial charge in [-0.2, -0.15) is 0 Å². The Kier molecular flexibility index (Phi) is 4.16. The quantitative estimate of drug-likeness (QED) is 0.429. The molecule has 15 heavy (non-hydrogen) atoms. The van der Waals surface area contributed by atoms with E-state index in [-0.39, 0.29) is 0 Å². The molecule has 0 bridgehead atoms. The molecule has 78 valence electrons. The largest absolute Gasteiger partial charge is 0.497 e. The second-order valence-corrected chi connectivity index (χ2v) is 2.71. The molecular weight excluding hydrogens is 192 g/mol. The maximum absolute atomic E-state index is 11.0. The summed E-state index contributed by atoms with van der Waals surface area (Å²) in [5.41, 5.74) is 0.871. The van der Waals surface area contributed by atoms with Gasteiger partial charge in [-0.1, -0.05) is 18.7 Å². The molecule has 0 amide bonds. The Hall–Kier alpha value is -2.03. The van der Waals surface area contributed by atoms with Crippen LogP contribution in [0.1, 0.15) is 5.56 Å². The minimum Gasteiger partial charge on any atom is -0.497 e. The maximum atomic E-state index is 11.0. The lowest BCUT2D eigenvalue weighted by Gasteiger charge is -1.99. The molecule has 0 aromatic heterocycles. The third kappa shape index (κ3) is 3.68. The van der Waals surface area contributed by atoms with Gasteiger partial charge in [0.05, 0.1) is 13.4 Å². The van der Waals surface area contributed by atoms with E-state index < -0.39 is 5.97 Å². The second kappa shape index (κ2) is 5.65. The fourth-order valence-corrected chi connectivity index (χ4v) is 1.03. The second-order valence-electron chi connectivity index (χ2n) is 2.71. The van der Waals surface area contributed by atoms with Crippen LogP contribution in [0.4, 0.5) is 0 Å². The van der Waals surface area contributed by atoms with E-state index in [1.165, 1.54) is 6.08 Å². The van der Waals surface area contributed by atoms with Gasteiger partial charge in [-0.15, -0.1) is 0 Å². The Bertz CT molecular complexity index is 380. The van der Waals surface area contributed by atoms with Crippen LogP contribution in [0.5, 0.6) is 5.75 Å². The number of methoxy groups -OCH3 is 1. The van der Waals surface area contributed by atoms with E-state index in [0.717, 1.165) is 17.6 Å². The van der Waals surface area contributed by atoms with Gasteiger partial charge in [-0.3, -0.25) is 0 Å². The Balaban J connectivity index is 2.71. The summed E-state index contributed by atoms with van der Waals surface area (Å²) in [6.45, 7) is 3.29. The van der Waals surface area contributed by atoms with Crippen molar-refractivity contribution in [1.29, 1.82) is 0 Å². The minimum atomic E-state index is -0.451. The van der Waals surface area contributed by atoms with Crippen molar-refractivity contribution in [3.8, 4) is 5.75 Å². The summed E-state index contributed by atoms with van der Waals surface area (Å²) >= 11 is 0. The van der Waals surface area contributed by atoms with E-state index in [1.54, 1.807) is 13.2 Å². The molecule has 1 aromatic rings. The number of carbonyl (C=O) groups excluding carboxylic acids is 1. The summed E-state index contributed by atoms with van der Waals surface area (Å²) in [6.07, 6.45) is 4.07. The van der Waals surface area contributed by atoms with Crippen LogP contribution in [0.15, 0.2) is 43.2 Å². The highest BCUT2D eigenvalue weighted by Gasteiger charge is 1.94. The Labute approximate surface area is 88.6 Å². The molecule has 0 aliphatic rings. The molecule has 0 aliphatic heterocycles. The van der Waals surface area contributed by atoms with Crippen LogP contribution in [0.2, 0.25) is 0 Å². The van der Waals surface area contributed by atoms with E-state index in [0.29, 0.717) is 0 Å². The predicted molar refractivity (Wildman–Crippen MR) is 58.3 cm³/mol. The van der Waals surface area contributed by atoms with Crippen LogP contribution in [0.3, 0.4) is 0 Å². The van der Waals surface area contributed by atoms with Crippen molar-refractivity contribution in [3.63, 3.8) is 0 Å². The van der Waals surface area contributed by atoms with E-state index in [9.17, 15) is 4.79 Å². The average molecular weight is 204 g/mol. The normalized spacial score (nSPS) is 9.93. The minimum absolute atomic E-state index is 0.451. The summed E-state index contributed by atoms with van der Waals surface area (Å²) in [5, 5.41) is 0. The van der Waals surface area contributed by atoms with Gasteiger partial charge in [0.1, 0.15) is 5.75 Å². The first kappa shape index (κ1) is 11.0. The number of esters is 1. The molecule has 0 spiro atoms. The topological polar surface area (TPSA) is 35.5 Å². The van der Waals surface area contributed by atoms with Gasteiger partial charge in [0.25, 0.3) is 0 Å². The number of carbonyl (C=O) groups is 1. The van der Waals surface area contributed by atoms with Crippen LogP contribution in [0.25, 0.3) is 6.08 Å². The molecule has 1 aromatic carbocycles. The summed E-state index contributed by atoms with van der Waals surface area (Å²) < 4.78 is 9.57. The number of hydrogen-bond acceptors (Lipinski definition) is 3. The van der Waals surface area contributed by atoms with E-state index in [2.05, 4.69) is 11.3 Å². The smallest absolute Gasteiger partial charge is 0.335 e. The molecule has 0 aliphatic carbocycles. The highest BCUT2D eigenvalue weighted by atomic mass is 16.5. The number of benzene rings is 1. The first-order valence-corrected chi connectivity index (χ1v) is 4.40. The van der Waals surface area contributed by atoms with Crippen LogP contribution in [-0.2, 0) is 9.53 Å². The fraction of sp³-hybridized carbons (Fsp3) is 0.0833. The summed E-state index contributed by atoms with van der Waals surface area (Å²) in [4.78, 5) is 11.0. The Morgan fingerprint density at radius 1 is 1.47 bits per heavy atom. The number of ether oxygens (including phenoxy) is 2. The van der Waals surface area contributed by atoms with Crippen molar-refractivity contribution < 1.29 is 14.3 Å². The molecule has 0 radical (unpaired) electrons. The first-order chi connectivity index (χ1) is 7.26. The van der Waals surface area contributed by atoms with Crippen LogP contribution in [0, 0.1) is 0 Å². The van der Waals surface area contributed by atoms with Crippen molar-refractivity contribution in [2.45, 2.75) is 0 Å². The monoisotopic (exact) mass is 204 g/mol. The summed E-state index contributed by atoms with van der Waals surface area (Å²) in [5.74, 6) is 0.294. The van der Waals surface area contributed by atoms with Gasteiger partial charge in [0.15, 0.2) is 0 Å². The van der Waals surface area contributed by atoms with Crippen molar-refractivity contribution >= 4 is 12.0 Å². The summed E-state index contributed by atoms with van der Waals surface area (Å²) in [7, 11) is 1.59. The van der Waals surface area contributed by atoms with Gasteiger partial charge in [0, 0.05) is 6.08 Å². The lowest BCUT2D eigenvalue weighted by molar-refractivity contribution is -0.132. The lowest BCUT2D eigenvalue weighted by Crippen LogP contribution is -1.92. The molecule has 0 unspecified atom stereocenters. The van der Waals surface area contributed by atoms with Gasteiger partial charge in [0.2, 0.25) is 0 Å². The van der Waals surface area contributed by atoms with Gasteiger partial charge in [-0.25, -0.2) is 4.79 Å². The molecule has 0 fully saturated rings. The van der Waals surface area contributed by atoms with E-state index >= 15 is 0 Å². The zero-order valence-corrected chi connectivity index (χ0v) is 8.47. The van der Waals surface area contributed by atoms with Gasteiger partial charge >= 0.3 is 5.97 Å². The third-order valence-electron chi connectivity index (χ3n) is 1.71. The molecule has 0 saturated carbocycles. The van der Waals surface area contributed by atoms with Crippen LogP contribution >= 0.6 is 0 Å². The fourth-order valence-electron chi connectivity index (χ4n) is 1.03. The predicted octanol–water partition coefficient (Wildman–Crippen LogP) is 2.40. The maximum Gasteiger partial charge on any atom is 0.335 e. The molecule has 0 N–H and O–H groups in total. The average Bonchev–Trinajstić information content (AvgIpc) is 2.27. The van der Waals surface area contributed by atoms with Crippen LogP contribution < -0.4 is 4.74 Å². The highest BCUT2D eigenvalue weighted by Crippen LogP contribution is 2.13. The van der Waals surface area contributed by atoms with Crippen molar-refractivity contribution in [3.05, 3.63) is 48.7 Å². The first-order valence-electron chi connectivity index (χ1n) is 4.40. The molecule has 3 nitrogen and oxygen atoms in total. The summed E-state index contributed by atoms with van der Waals surface area (Å²) in [6, 6.07) is 7.36. The van der Waals surface area contributed by atoms with Gasteiger partial charge in [-0.05, 0) is 23.8 Å². The number of hydrogen-bond donors (Lipinski definition) is 0. The SMILES string of the molecule is C=COC(=O)/C=C/c1cccc(OC)c1. The van der Waals surface area contributed by atoms with Crippen LogP contribution in [-0.4, -0.2) is 13.1 Å². The van der Waals surface area contributed by atoms with Crippen molar-refractivity contribution in [2.24, 2.45) is 0 Å². The lowest BCUT2D eigenvalue weighted by atomic mass is 10.2. The number of rotatable bonds is 4. The Morgan fingerprint density at radius 2 is 2.27 bits per heavy atom.